The molecular formula is C24H34N2O6. The first kappa shape index (κ1) is 23.0. The lowest BCUT2D eigenvalue weighted by Gasteiger charge is -2.43. The highest BCUT2D eigenvalue weighted by atomic mass is 16.6. The van der Waals surface area contributed by atoms with Crippen LogP contribution >= 0.6 is 0 Å². The van der Waals surface area contributed by atoms with Crippen molar-refractivity contribution in [2.75, 3.05) is 19.8 Å². The molecule has 2 saturated heterocycles. The molecule has 0 aromatic rings. The number of esters is 1. The molecule has 176 valence electrons. The van der Waals surface area contributed by atoms with Gasteiger partial charge in [-0.25, -0.2) is 0 Å². The Bertz CT molecular complexity index is 889. The molecule has 4 aliphatic heterocycles. The van der Waals surface area contributed by atoms with Crippen molar-refractivity contribution in [2.24, 2.45) is 17.8 Å². The SMILES string of the molecule is CC(C)[C@H](CO)N1C(=O)[C@@H]2[C@@H]3C(=O)OCC=C[C@]3(C)O[C@@]23C=CCN(C(C)(C)C)C(=O)C13. The van der Waals surface area contributed by atoms with Crippen LogP contribution in [0.1, 0.15) is 41.5 Å². The molecule has 4 aliphatic rings. The summed E-state index contributed by atoms with van der Waals surface area (Å²) in [5.41, 5.74) is -2.89. The van der Waals surface area contributed by atoms with Gasteiger partial charge in [0.2, 0.25) is 11.8 Å². The van der Waals surface area contributed by atoms with Crippen molar-refractivity contribution in [2.45, 2.75) is 70.4 Å². The molecule has 1 N–H and O–H groups in total. The van der Waals surface area contributed by atoms with Gasteiger partial charge < -0.3 is 24.4 Å². The van der Waals surface area contributed by atoms with Crippen molar-refractivity contribution in [1.82, 2.24) is 9.80 Å². The number of hydrogen-bond acceptors (Lipinski definition) is 6. The topological polar surface area (TPSA) is 96.4 Å². The molecule has 2 fully saturated rings. The van der Waals surface area contributed by atoms with Crippen molar-refractivity contribution < 1.29 is 29.0 Å². The number of likely N-dealkylation sites (tertiary alicyclic amines) is 1. The quantitative estimate of drug-likeness (QED) is 0.518. The molecule has 2 amide bonds. The molecule has 0 aromatic heterocycles. The monoisotopic (exact) mass is 446 g/mol. The zero-order valence-electron chi connectivity index (χ0n) is 19.7. The maximum atomic E-state index is 14.1. The molecule has 1 unspecified atom stereocenters. The fourth-order valence-electron chi connectivity index (χ4n) is 5.88. The number of nitrogens with zero attached hydrogens (tertiary/aromatic N) is 2. The van der Waals surface area contributed by atoms with Crippen LogP contribution in [-0.2, 0) is 23.9 Å². The molecule has 6 atom stereocenters. The van der Waals surface area contributed by atoms with E-state index in [9.17, 15) is 19.5 Å². The lowest BCUT2D eigenvalue weighted by atomic mass is 9.74. The van der Waals surface area contributed by atoms with E-state index in [4.69, 9.17) is 9.47 Å². The Balaban J connectivity index is 1.94. The van der Waals surface area contributed by atoms with Crippen LogP contribution < -0.4 is 0 Å². The molecule has 32 heavy (non-hydrogen) atoms. The fourth-order valence-corrected chi connectivity index (χ4v) is 5.88. The van der Waals surface area contributed by atoms with Crippen LogP contribution in [0.25, 0.3) is 0 Å². The second-order valence-electron chi connectivity index (χ2n) is 10.8. The van der Waals surface area contributed by atoms with E-state index in [1.54, 1.807) is 30.1 Å². The van der Waals surface area contributed by atoms with Crippen LogP contribution in [0.3, 0.4) is 0 Å². The van der Waals surface area contributed by atoms with E-state index in [1.807, 2.05) is 40.7 Å². The Morgan fingerprint density at radius 1 is 1.12 bits per heavy atom. The molecule has 0 aromatic carbocycles. The maximum absolute atomic E-state index is 14.1. The summed E-state index contributed by atoms with van der Waals surface area (Å²) in [4.78, 5) is 44.4. The Labute approximate surface area is 189 Å². The standard InChI is InChI=1S/C24H34N2O6/c1-14(2)15(13-27)26-18-20(29)25(22(3,4)5)11-7-10-24(18)16(19(26)28)17-21(30)31-12-8-9-23(17,6)32-24/h7-10,14-18,27H,11-13H2,1-6H3/t15-,16-,17+,18?,23-,24-/m0/s1. The number of amides is 2. The zero-order chi connectivity index (χ0) is 23.6. The summed E-state index contributed by atoms with van der Waals surface area (Å²) in [5, 5.41) is 10.2. The molecule has 0 saturated carbocycles. The first-order chi connectivity index (χ1) is 14.9. The average molecular weight is 447 g/mol. The van der Waals surface area contributed by atoms with Gasteiger partial charge in [-0.2, -0.15) is 0 Å². The molecule has 4 rings (SSSR count). The van der Waals surface area contributed by atoms with E-state index in [1.165, 1.54) is 4.90 Å². The first-order valence-electron chi connectivity index (χ1n) is 11.4. The fraction of sp³-hybridized carbons (Fsp3) is 0.708. The van der Waals surface area contributed by atoms with E-state index in [0.29, 0.717) is 6.54 Å². The van der Waals surface area contributed by atoms with Crippen LogP contribution in [-0.4, -0.2) is 81.3 Å². The number of rotatable bonds is 3. The van der Waals surface area contributed by atoms with Crippen molar-refractivity contribution >= 4 is 17.8 Å². The summed E-state index contributed by atoms with van der Waals surface area (Å²) in [6, 6.07) is -1.57. The Morgan fingerprint density at radius 3 is 2.41 bits per heavy atom. The van der Waals surface area contributed by atoms with Crippen LogP contribution in [0.15, 0.2) is 24.3 Å². The van der Waals surface area contributed by atoms with Crippen LogP contribution in [0.5, 0.6) is 0 Å². The second-order valence-corrected chi connectivity index (χ2v) is 10.8. The number of aliphatic hydroxyl groups is 1. The van der Waals surface area contributed by atoms with E-state index >= 15 is 0 Å². The number of cyclic esters (lactones) is 1. The first-order valence-corrected chi connectivity index (χ1v) is 11.4. The van der Waals surface area contributed by atoms with Crippen LogP contribution in [0.2, 0.25) is 0 Å². The lowest BCUT2D eigenvalue weighted by Crippen LogP contribution is -2.61. The normalized spacial score (nSPS) is 37.8. The predicted molar refractivity (Wildman–Crippen MR) is 116 cm³/mol. The van der Waals surface area contributed by atoms with Gasteiger partial charge in [-0.1, -0.05) is 32.1 Å². The zero-order valence-corrected chi connectivity index (χ0v) is 19.7. The third-order valence-electron chi connectivity index (χ3n) is 7.37. The second kappa shape index (κ2) is 7.42. The van der Waals surface area contributed by atoms with Gasteiger partial charge in [-0.15, -0.1) is 0 Å². The Kier molecular flexibility index (Phi) is 5.33. The molecule has 8 nitrogen and oxygen atoms in total. The Morgan fingerprint density at radius 2 is 1.81 bits per heavy atom. The van der Waals surface area contributed by atoms with Crippen LogP contribution in [0, 0.1) is 17.8 Å². The highest BCUT2D eigenvalue weighted by Crippen LogP contribution is 2.58. The number of ether oxygens (including phenoxy) is 2. The van der Waals surface area contributed by atoms with Gasteiger partial charge in [-0.3, -0.25) is 14.4 Å². The third kappa shape index (κ3) is 3.06. The summed E-state index contributed by atoms with van der Waals surface area (Å²) in [6.45, 7) is 11.6. The average Bonchev–Trinajstić information content (AvgIpc) is 2.92. The summed E-state index contributed by atoms with van der Waals surface area (Å²) >= 11 is 0. The van der Waals surface area contributed by atoms with Gasteiger partial charge in [-0.05, 0) is 39.7 Å². The number of carbonyl (C=O) groups is 3. The lowest BCUT2D eigenvalue weighted by molar-refractivity contribution is -0.162. The van der Waals surface area contributed by atoms with Gasteiger partial charge in [0.1, 0.15) is 24.2 Å². The molecule has 0 radical (unpaired) electrons. The maximum Gasteiger partial charge on any atom is 0.313 e. The highest BCUT2D eigenvalue weighted by Gasteiger charge is 2.75. The van der Waals surface area contributed by atoms with Gasteiger partial charge in [0.15, 0.2) is 0 Å². The van der Waals surface area contributed by atoms with E-state index in [2.05, 4.69) is 0 Å². The largest absolute Gasteiger partial charge is 0.461 e. The molecule has 0 bridgehead atoms. The Hall–Kier alpha value is -2.19. The van der Waals surface area contributed by atoms with Gasteiger partial charge in [0.05, 0.1) is 24.2 Å². The third-order valence-corrected chi connectivity index (χ3v) is 7.37. The van der Waals surface area contributed by atoms with Crippen molar-refractivity contribution in [3.8, 4) is 0 Å². The van der Waals surface area contributed by atoms with Gasteiger partial charge >= 0.3 is 5.97 Å². The summed E-state index contributed by atoms with van der Waals surface area (Å²) < 4.78 is 12.0. The smallest absolute Gasteiger partial charge is 0.313 e. The highest BCUT2D eigenvalue weighted by molar-refractivity contribution is 5.99. The predicted octanol–water partition coefficient (Wildman–Crippen LogP) is 1.28. The minimum Gasteiger partial charge on any atom is -0.461 e. The summed E-state index contributed by atoms with van der Waals surface area (Å²) in [7, 11) is 0. The molecule has 1 spiro atoms. The minimum atomic E-state index is -1.32. The van der Waals surface area contributed by atoms with Crippen molar-refractivity contribution in [3.05, 3.63) is 24.3 Å². The molecule has 8 heteroatoms. The van der Waals surface area contributed by atoms with Gasteiger partial charge in [0.25, 0.3) is 0 Å². The summed E-state index contributed by atoms with van der Waals surface area (Å²) in [5.74, 6) is -2.99. The molecular weight excluding hydrogens is 412 g/mol. The molecule has 4 heterocycles. The van der Waals surface area contributed by atoms with Gasteiger partial charge in [0, 0.05) is 12.1 Å². The number of hydrogen-bond donors (Lipinski definition) is 1. The van der Waals surface area contributed by atoms with E-state index in [-0.39, 0.29) is 30.9 Å². The summed E-state index contributed by atoms with van der Waals surface area (Å²) in [6.07, 6.45) is 7.17. The van der Waals surface area contributed by atoms with Crippen molar-refractivity contribution in [1.29, 1.82) is 0 Å². The van der Waals surface area contributed by atoms with Crippen molar-refractivity contribution in [3.63, 3.8) is 0 Å². The number of carbonyl (C=O) groups excluding carboxylic acids is 3. The van der Waals surface area contributed by atoms with Crippen LogP contribution in [0.4, 0.5) is 0 Å². The minimum absolute atomic E-state index is 0.102. The number of fused-ring (bicyclic) bond motifs is 2. The number of aliphatic hydroxyl groups excluding tert-OH is 1. The van der Waals surface area contributed by atoms with E-state index in [0.717, 1.165) is 0 Å². The van der Waals surface area contributed by atoms with E-state index < -0.39 is 46.6 Å². The molecule has 0 aliphatic carbocycles.